The molecule has 0 bridgehead atoms. The standard InChI is InChI=1S/C14H17ClN4O2/c1-8-13(15)9(2)19(17-8)7-10-4-5-11(14(16)18-20)12(6-10)21-3/h4-6,20H,7H2,1-3H3,(H2,16,18). The second kappa shape index (κ2) is 6.05. The van der Waals surface area contributed by atoms with E-state index in [0.717, 1.165) is 17.0 Å². The number of ether oxygens (including phenoxy) is 1. The summed E-state index contributed by atoms with van der Waals surface area (Å²) in [6.07, 6.45) is 0. The van der Waals surface area contributed by atoms with E-state index in [1.165, 1.54) is 7.11 Å². The summed E-state index contributed by atoms with van der Waals surface area (Å²) in [7, 11) is 1.54. The Kier molecular flexibility index (Phi) is 4.37. The van der Waals surface area contributed by atoms with Gasteiger partial charge in [0.25, 0.3) is 0 Å². The number of rotatable bonds is 4. The van der Waals surface area contributed by atoms with Crippen LogP contribution in [-0.4, -0.2) is 27.9 Å². The molecule has 1 aromatic heterocycles. The van der Waals surface area contributed by atoms with Crippen LogP contribution in [0.15, 0.2) is 23.4 Å². The van der Waals surface area contributed by atoms with E-state index in [0.29, 0.717) is 22.9 Å². The highest BCUT2D eigenvalue weighted by atomic mass is 35.5. The smallest absolute Gasteiger partial charge is 0.173 e. The number of nitrogens with zero attached hydrogens (tertiary/aromatic N) is 3. The maximum Gasteiger partial charge on any atom is 0.173 e. The molecule has 0 aliphatic rings. The fourth-order valence-electron chi connectivity index (χ4n) is 2.10. The van der Waals surface area contributed by atoms with Gasteiger partial charge in [-0.15, -0.1) is 0 Å². The van der Waals surface area contributed by atoms with Crippen molar-refractivity contribution >= 4 is 17.4 Å². The number of nitrogens with two attached hydrogens (primary N) is 1. The minimum absolute atomic E-state index is 0.00700. The number of amidine groups is 1. The molecular weight excluding hydrogens is 292 g/mol. The molecule has 7 heteroatoms. The Morgan fingerprint density at radius 1 is 1.48 bits per heavy atom. The monoisotopic (exact) mass is 308 g/mol. The number of benzene rings is 1. The summed E-state index contributed by atoms with van der Waals surface area (Å²) in [5.41, 5.74) is 8.83. The lowest BCUT2D eigenvalue weighted by molar-refractivity contribution is 0.318. The first-order chi connectivity index (χ1) is 9.97. The maximum atomic E-state index is 8.76. The van der Waals surface area contributed by atoms with Gasteiger partial charge in [0.2, 0.25) is 0 Å². The number of hydrogen-bond acceptors (Lipinski definition) is 4. The third-order valence-electron chi connectivity index (χ3n) is 3.28. The third kappa shape index (κ3) is 2.95. The van der Waals surface area contributed by atoms with Crippen molar-refractivity contribution in [2.24, 2.45) is 10.9 Å². The summed E-state index contributed by atoms with van der Waals surface area (Å²) in [6, 6.07) is 5.45. The van der Waals surface area contributed by atoms with Gasteiger partial charge < -0.3 is 15.7 Å². The number of aromatic nitrogens is 2. The molecule has 0 unspecified atom stereocenters. The molecule has 0 fully saturated rings. The Labute approximate surface area is 127 Å². The minimum Gasteiger partial charge on any atom is -0.496 e. The van der Waals surface area contributed by atoms with Gasteiger partial charge in [0.15, 0.2) is 5.84 Å². The highest BCUT2D eigenvalue weighted by Crippen LogP contribution is 2.23. The summed E-state index contributed by atoms with van der Waals surface area (Å²) in [6.45, 7) is 4.35. The van der Waals surface area contributed by atoms with E-state index in [4.69, 9.17) is 27.3 Å². The highest BCUT2D eigenvalue weighted by molar-refractivity contribution is 6.31. The van der Waals surface area contributed by atoms with Gasteiger partial charge in [-0.2, -0.15) is 5.10 Å². The van der Waals surface area contributed by atoms with Crippen molar-refractivity contribution in [3.63, 3.8) is 0 Å². The van der Waals surface area contributed by atoms with Crippen molar-refractivity contribution in [3.05, 3.63) is 45.7 Å². The molecule has 0 aliphatic heterocycles. The van der Waals surface area contributed by atoms with Crippen LogP contribution in [0.5, 0.6) is 5.75 Å². The summed E-state index contributed by atoms with van der Waals surface area (Å²) in [5.74, 6) is 0.544. The molecule has 0 saturated heterocycles. The number of hydrogen-bond donors (Lipinski definition) is 2. The Hall–Kier alpha value is -2.21. The van der Waals surface area contributed by atoms with Crippen LogP contribution in [0.1, 0.15) is 22.5 Å². The molecule has 6 nitrogen and oxygen atoms in total. The Morgan fingerprint density at radius 2 is 2.19 bits per heavy atom. The molecule has 0 spiro atoms. The summed E-state index contributed by atoms with van der Waals surface area (Å²) in [4.78, 5) is 0. The number of oxime groups is 1. The molecule has 0 radical (unpaired) electrons. The van der Waals surface area contributed by atoms with Crippen LogP contribution in [0.3, 0.4) is 0 Å². The molecule has 2 aromatic rings. The number of halogens is 1. The molecule has 0 aliphatic carbocycles. The summed E-state index contributed by atoms with van der Waals surface area (Å²) in [5, 5.41) is 16.8. The summed E-state index contributed by atoms with van der Waals surface area (Å²) >= 11 is 6.14. The van der Waals surface area contributed by atoms with E-state index in [2.05, 4.69) is 10.3 Å². The fraction of sp³-hybridized carbons (Fsp3) is 0.286. The van der Waals surface area contributed by atoms with Gasteiger partial charge in [-0.1, -0.05) is 22.8 Å². The Bertz CT molecular complexity index is 695. The predicted molar refractivity (Wildman–Crippen MR) is 81.3 cm³/mol. The second-order valence-corrected chi connectivity index (χ2v) is 5.04. The van der Waals surface area contributed by atoms with Crippen molar-refractivity contribution < 1.29 is 9.94 Å². The van der Waals surface area contributed by atoms with Crippen LogP contribution in [0.25, 0.3) is 0 Å². The fourth-order valence-corrected chi connectivity index (χ4v) is 2.24. The van der Waals surface area contributed by atoms with Crippen LogP contribution in [0.2, 0.25) is 5.02 Å². The quantitative estimate of drug-likeness (QED) is 0.393. The molecule has 0 amide bonds. The lowest BCUT2D eigenvalue weighted by atomic mass is 10.1. The van der Waals surface area contributed by atoms with Gasteiger partial charge in [-0.25, -0.2) is 0 Å². The van der Waals surface area contributed by atoms with Crippen LogP contribution in [0, 0.1) is 13.8 Å². The van der Waals surface area contributed by atoms with Crippen molar-refractivity contribution in [1.29, 1.82) is 0 Å². The topological polar surface area (TPSA) is 85.7 Å². The minimum atomic E-state index is 0.00700. The van der Waals surface area contributed by atoms with Crippen molar-refractivity contribution in [1.82, 2.24) is 9.78 Å². The largest absolute Gasteiger partial charge is 0.496 e. The van der Waals surface area contributed by atoms with Crippen molar-refractivity contribution in [2.75, 3.05) is 7.11 Å². The number of methoxy groups -OCH3 is 1. The first-order valence-corrected chi connectivity index (χ1v) is 6.70. The SMILES string of the molecule is COc1cc(Cn2nc(C)c(Cl)c2C)ccc1/C(N)=N/O. The average molecular weight is 309 g/mol. The normalized spacial score (nSPS) is 11.7. The maximum absolute atomic E-state index is 8.76. The van der Waals surface area contributed by atoms with E-state index in [-0.39, 0.29) is 5.84 Å². The van der Waals surface area contributed by atoms with Gasteiger partial charge in [-0.05, 0) is 31.5 Å². The van der Waals surface area contributed by atoms with E-state index in [1.54, 1.807) is 6.07 Å². The van der Waals surface area contributed by atoms with Crippen LogP contribution >= 0.6 is 11.6 Å². The van der Waals surface area contributed by atoms with E-state index in [1.807, 2.05) is 30.7 Å². The molecular formula is C14H17ClN4O2. The predicted octanol–water partition coefficient (Wildman–Crippen LogP) is 2.30. The Balaban J connectivity index is 2.35. The molecule has 1 heterocycles. The van der Waals surface area contributed by atoms with Crippen LogP contribution < -0.4 is 10.5 Å². The second-order valence-electron chi connectivity index (χ2n) is 4.66. The zero-order chi connectivity index (χ0) is 15.6. The van der Waals surface area contributed by atoms with Crippen LogP contribution in [-0.2, 0) is 6.54 Å². The summed E-state index contributed by atoms with van der Waals surface area (Å²) < 4.78 is 7.11. The molecule has 3 N–H and O–H groups in total. The van der Waals surface area contributed by atoms with E-state index in [9.17, 15) is 0 Å². The lowest BCUT2D eigenvalue weighted by Gasteiger charge is -2.10. The van der Waals surface area contributed by atoms with Crippen molar-refractivity contribution in [2.45, 2.75) is 20.4 Å². The van der Waals surface area contributed by atoms with E-state index >= 15 is 0 Å². The van der Waals surface area contributed by atoms with Gasteiger partial charge in [-0.3, -0.25) is 4.68 Å². The molecule has 0 saturated carbocycles. The average Bonchev–Trinajstić information content (AvgIpc) is 2.73. The van der Waals surface area contributed by atoms with Gasteiger partial charge >= 0.3 is 0 Å². The zero-order valence-electron chi connectivity index (χ0n) is 12.1. The first-order valence-electron chi connectivity index (χ1n) is 6.32. The molecule has 2 rings (SSSR count). The number of aryl methyl sites for hydroxylation is 1. The van der Waals surface area contributed by atoms with Crippen LogP contribution in [0.4, 0.5) is 0 Å². The molecule has 0 atom stereocenters. The van der Waals surface area contributed by atoms with Crippen molar-refractivity contribution in [3.8, 4) is 5.75 Å². The van der Waals surface area contributed by atoms with E-state index < -0.39 is 0 Å². The molecule has 1 aromatic carbocycles. The molecule has 21 heavy (non-hydrogen) atoms. The zero-order valence-corrected chi connectivity index (χ0v) is 12.8. The van der Waals surface area contributed by atoms with Gasteiger partial charge in [0.05, 0.1) is 35.6 Å². The molecule has 112 valence electrons. The highest BCUT2D eigenvalue weighted by Gasteiger charge is 2.12. The third-order valence-corrected chi connectivity index (χ3v) is 3.82. The van der Waals surface area contributed by atoms with Gasteiger partial charge in [0, 0.05) is 0 Å². The first kappa shape index (κ1) is 15.2. The Morgan fingerprint density at radius 3 is 2.71 bits per heavy atom. The lowest BCUT2D eigenvalue weighted by Crippen LogP contribution is -2.15. The van der Waals surface area contributed by atoms with Gasteiger partial charge in [0.1, 0.15) is 5.75 Å².